The van der Waals surface area contributed by atoms with Crippen LogP contribution in [0.1, 0.15) is 33.5 Å². The van der Waals surface area contributed by atoms with Gasteiger partial charge in [0.1, 0.15) is 5.03 Å². The minimum absolute atomic E-state index is 0.140. The molecule has 37 heavy (non-hydrogen) atoms. The zero-order valence-electron chi connectivity index (χ0n) is 20.6. The summed E-state index contributed by atoms with van der Waals surface area (Å²) in [6.45, 7) is 5.65. The van der Waals surface area contributed by atoms with Crippen LogP contribution in [0.4, 0.5) is 5.69 Å². The van der Waals surface area contributed by atoms with E-state index in [0.29, 0.717) is 50.7 Å². The molecule has 2 aromatic carbocycles. The lowest BCUT2D eigenvalue weighted by Gasteiger charge is -2.24. The van der Waals surface area contributed by atoms with E-state index in [0.717, 1.165) is 27.9 Å². The average molecular weight is 533 g/mol. The molecule has 9 heteroatoms. The maximum Gasteiger partial charge on any atom is 0.234 e. The van der Waals surface area contributed by atoms with Gasteiger partial charge in [-0.3, -0.25) is 9.78 Å². The number of aromatic nitrogens is 3. The van der Waals surface area contributed by atoms with Crippen LogP contribution in [0.25, 0.3) is 11.4 Å². The fourth-order valence-electron chi connectivity index (χ4n) is 4.17. The van der Waals surface area contributed by atoms with E-state index in [1.165, 1.54) is 11.8 Å². The molecule has 0 atom stereocenters. The predicted molar refractivity (Wildman–Crippen MR) is 146 cm³/mol. The van der Waals surface area contributed by atoms with Crippen molar-refractivity contribution in [1.29, 1.82) is 0 Å². The number of hydrogen-bond acceptors (Lipinski definition) is 7. The number of benzene rings is 2. The van der Waals surface area contributed by atoms with E-state index in [4.69, 9.17) is 26.3 Å². The first kappa shape index (κ1) is 25.2. The van der Waals surface area contributed by atoms with Crippen LogP contribution in [0, 0.1) is 20.8 Å². The van der Waals surface area contributed by atoms with Crippen LogP contribution in [0.5, 0.6) is 11.6 Å². The van der Waals surface area contributed by atoms with Crippen LogP contribution in [0.15, 0.2) is 53.7 Å². The topological polar surface area (TPSA) is 97.2 Å². The largest absolute Gasteiger partial charge is 0.436 e. The van der Waals surface area contributed by atoms with Gasteiger partial charge in [-0.15, -0.1) is 0 Å². The summed E-state index contributed by atoms with van der Waals surface area (Å²) in [4.78, 5) is 26.8. The molecule has 2 N–H and O–H groups in total. The van der Waals surface area contributed by atoms with Crippen LogP contribution < -0.4 is 10.1 Å². The number of nitrogens with zero attached hydrogens (tertiary/aromatic N) is 3. The Labute approximate surface area is 224 Å². The Morgan fingerprint density at radius 2 is 1.95 bits per heavy atom. The first-order chi connectivity index (χ1) is 17.8. The van der Waals surface area contributed by atoms with Gasteiger partial charge in [-0.2, -0.15) is 4.98 Å². The summed E-state index contributed by atoms with van der Waals surface area (Å²) < 4.78 is 6.24. The second kappa shape index (κ2) is 10.5. The number of carbonyl (C=O) groups excluding carboxylic acids is 1. The molecule has 0 unspecified atom stereocenters. The zero-order chi connectivity index (χ0) is 26.1. The Hall–Kier alpha value is -3.46. The van der Waals surface area contributed by atoms with Crippen molar-refractivity contribution in [3.63, 3.8) is 0 Å². The molecule has 3 heterocycles. The SMILES string of the molecule is Cc1ccc(C)c(NC(=O)CSc2nc(-c3ccccc3Cl)nc3c2Cc2c(CO)cnc(C)c2O3)c1. The molecular weight excluding hydrogens is 508 g/mol. The second-order valence-electron chi connectivity index (χ2n) is 8.88. The molecule has 2 aromatic heterocycles. The lowest BCUT2D eigenvalue weighted by atomic mass is 9.99. The Morgan fingerprint density at radius 3 is 2.73 bits per heavy atom. The first-order valence-electron chi connectivity index (χ1n) is 11.8. The Kier molecular flexibility index (Phi) is 7.15. The number of carbonyl (C=O) groups is 1. The highest BCUT2D eigenvalue weighted by Gasteiger charge is 2.28. The van der Waals surface area contributed by atoms with E-state index in [-0.39, 0.29) is 18.3 Å². The molecule has 0 spiro atoms. The van der Waals surface area contributed by atoms with Gasteiger partial charge >= 0.3 is 0 Å². The molecule has 1 amide bonds. The molecule has 1 aliphatic rings. The second-order valence-corrected chi connectivity index (χ2v) is 10.3. The minimum atomic E-state index is -0.159. The molecule has 5 rings (SSSR count). The number of rotatable bonds is 6. The van der Waals surface area contributed by atoms with Gasteiger partial charge in [0.15, 0.2) is 11.6 Å². The lowest BCUT2D eigenvalue weighted by Crippen LogP contribution is -2.16. The van der Waals surface area contributed by atoms with Crippen LogP contribution in [0.3, 0.4) is 0 Å². The normalized spacial score (nSPS) is 11.9. The predicted octanol–water partition coefficient (Wildman–Crippen LogP) is 6.04. The van der Waals surface area contributed by atoms with E-state index in [1.54, 1.807) is 12.3 Å². The number of amides is 1. The van der Waals surface area contributed by atoms with E-state index in [2.05, 4.69) is 10.3 Å². The van der Waals surface area contributed by atoms with Gasteiger partial charge in [-0.25, -0.2) is 4.98 Å². The Balaban J connectivity index is 1.50. The summed E-state index contributed by atoms with van der Waals surface area (Å²) in [5.74, 6) is 1.41. The van der Waals surface area contributed by atoms with Crippen molar-refractivity contribution in [2.24, 2.45) is 0 Å². The van der Waals surface area contributed by atoms with E-state index >= 15 is 0 Å². The van der Waals surface area contributed by atoms with Crippen LogP contribution in [-0.4, -0.2) is 31.7 Å². The molecule has 7 nitrogen and oxygen atoms in total. The quantitative estimate of drug-likeness (QED) is 0.203. The zero-order valence-corrected chi connectivity index (χ0v) is 22.2. The fraction of sp³-hybridized carbons (Fsp3) is 0.214. The van der Waals surface area contributed by atoms with Crippen molar-refractivity contribution in [3.8, 4) is 23.0 Å². The van der Waals surface area contributed by atoms with Crippen molar-refractivity contribution in [1.82, 2.24) is 15.0 Å². The third-order valence-electron chi connectivity index (χ3n) is 6.18. The molecule has 0 bridgehead atoms. The summed E-state index contributed by atoms with van der Waals surface area (Å²) in [6, 6.07) is 13.3. The third-order valence-corrected chi connectivity index (χ3v) is 7.53. The number of pyridine rings is 1. The summed E-state index contributed by atoms with van der Waals surface area (Å²) in [5.41, 5.74) is 6.52. The standard InChI is InChI=1S/C28H25ClN4O3S/c1-15-8-9-16(2)23(10-15)31-24(35)14-37-28-21-11-20-18(13-34)12-30-17(3)25(20)36-27(21)32-26(33-28)19-6-4-5-7-22(19)29/h4-10,12,34H,11,13-14H2,1-3H3,(H,31,35). The summed E-state index contributed by atoms with van der Waals surface area (Å²) in [7, 11) is 0. The highest BCUT2D eigenvalue weighted by molar-refractivity contribution is 8.00. The van der Waals surface area contributed by atoms with Gasteiger partial charge in [0.05, 0.1) is 28.6 Å². The smallest absolute Gasteiger partial charge is 0.234 e. The van der Waals surface area contributed by atoms with Crippen LogP contribution in [0.2, 0.25) is 5.02 Å². The molecule has 188 valence electrons. The molecule has 0 aliphatic carbocycles. The van der Waals surface area contributed by atoms with Gasteiger partial charge in [-0.05, 0) is 50.1 Å². The number of aliphatic hydroxyl groups is 1. The van der Waals surface area contributed by atoms with Crippen molar-refractivity contribution in [2.45, 2.75) is 38.8 Å². The number of nitrogens with one attached hydrogen (secondary N) is 1. The number of thioether (sulfide) groups is 1. The molecule has 1 aliphatic heterocycles. The van der Waals surface area contributed by atoms with Crippen molar-refractivity contribution in [3.05, 3.63) is 87.2 Å². The number of halogens is 1. The highest BCUT2D eigenvalue weighted by Crippen LogP contribution is 2.43. The summed E-state index contributed by atoms with van der Waals surface area (Å²) in [6.07, 6.45) is 2.11. The van der Waals surface area contributed by atoms with Gasteiger partial charge in [-0.1, -0.05) is 47.6 Å². The van der Waals surface area contributed by atoms with Crippen molar-refractivity contribution in [2.75, 3.05) is 11.1 Å². The van der Waals surface area contributed by atoms with Gasteiger partial charge in [0, 0.05) is 35.0 Å². The first-order valence-corrected chi connectivity index (χ1v) is 13.1. The van der Waals surface area contributed by atoms with E-state index in [9.17, 15) is 9.90 Å². The van der Waals surface area contributed by atoms with Crippen molar-refractivity contribution >= 4 is 35.0 Å². The maximum atomic E-state index is 12.9. The van der Waals surface area contributed by atoms with Crippen LogP contribution in [-0.2, 0) is 17.8 Å². The number of aliphatic hydroxyl groups excluding tert-OH is 1. The summed E-state index contributed by atoms with van der Waals surface area (Å²) in [5, 5.41) is 14.0. The Bertz CT molecular complexity index is 1530. The van der Waals surface area contributed by atoms with Crippen LogP contribution >= 0.6 is 23.4 Å². The Morgan fingerprint density at radius 1 is 1.14 bits per heavy atom. The fourth-order valence-corrected chi connectivity index (χ4v) is 5.21. The van der Waals surface area contributed by atoms with Gasteiger partial charge < -0.3 is 15.2 Å². The minimum Gasteiger partial charge on any atom is -0.436 e. The van der Waals surface area contributed by atoms with Gasteiger partial charge in [0.2, 0.25) is 11.8 Å². The number of aryl methyl sites for hydroxylation is 3. The number of ether oxygens (including phenoxy) is 1. The van der Waals surface area contributed by atoms with Gasteiger partial charge in [0.25, 0.3) is 0 Å². The monoisotopic (exact) mass is 532 g/mol. The molecule has 4 aromatic rings. The lowest BCUT2D eigenvalue weighted by molar-refractivity contribution is -0.113. The number of anilines is 1. The molecule has 0 radical (unpaired) electrons. The highest BCUT2D eigenvalue weighted by atomic mass is 35.5. The number of fused-ring (bicyclic) bond motifs is 2. The third kappa shape index (κ3) is 5.18. The summed E-state index contributed by atoms with van der Waals surface area (Å²) >= 11 is 7.77. The van der Waals surface area contributed by atoms with Crippen molar-refractivity contribution < 1.29 is 14.6 Å². The average Bonchev–Trinajstić information content (AvgIpc) is 2.89. The molecular formula is C28H25ClN4O3S. The van der Waals surface area contributed by atoms with E-state index < -0.39 is 0 Å². The molecule has 0 saturated heterocycles. The number of hydrogen-bond donors (Lipinski definition) is 2. The van der Waals surface area contributed by atoms with E-state index in [1.807, 2.05) is 57.2 Å². The molecule has 0 saturated carbocycles. The molecule has 0 fully saturated rings. The maximum absolute atomic E-state index is 12.9.